The SMILES string of the molecule is O=C(Nc1ccc(Cl)c(Cl)c1)c1cnc(NCCc2ccccc2)nc1. The van der Waals surface area contributed by atoms with Gasteiger partial charge in [0.15, 0.2) is 0 Å². The number of hydrogen-bond donors (Lipinski definition) is 2. The fraction of sp³-hybridized carbons (Fsp3) is 0.105. The van der Waals surface area contributed by atoms with Crippen molar-refractivity contribution in [1.29, 1.82) is 0 Å². The summed E-state index contributed by atoms with van der Waals surface area (Å²) < 4.78 is 0. The van der Waals surface area contributed by atoms with Crippen molar-refractivity contribution in [3.8, 4) is 0 Å². The molecule has 2 aromatic carbocycles. The molecule has 1 aromatic heterocycles. The summed E-state index contributed by atoms with van der Waals surface area (Å²) in [5.74, 6) is 0.159. The predicted octanol–water partition coefficient (Wildman–Crippen LogP) is 4.69. The monoisotopic (exact) mass is 386 g/mol. The number of hydrogen-bond acceptors (Lipinski definition) is 4. The molecule has 3 rings (SSSR count). The Labute approximate surface area is 161 Å². The largest absolute Gasteiger partial charge is 0.354 e. The fourth-order valence-corrected chi connectivity index (χ4v) is 2.58. The van der Waals surface area contributed by atoms with Crippen LogP contribution in [0.1, 0.15) is 15.9 Å². The third-order valence-electron chi connectivity index (χ3n) is 3.63. The third kappa shape index (κ3) is 4.94. The first-order valence-electron chi connectivity index (χ1n) is 7.98. The number of halogens is 2. The molecule has 0 fully saturated rings. The van der Waals surface area contributed by atoms with Gasteiger partial charge in [-0.25, -0.2) is 9.97 Å². The molecule has 0 saturated carbocycles. The van der Waals surface area contributed by atoms with Gasteiger partial charge in [-0.05, 0) is 30.2 Å². The molecule has 5 nitrogen and oxygen atoms in total. The Morgan fingerprint density at radius 2 is 1.69 bits per heavy atom. The van der Waals surface area contributed by atoms with Crippen molar-refractivity contribution < 1.29 is 4.79 Å². The van der Waals surface area contributed by atoms with Crippen molar-refractivity contribution >= 4 is 40.7 Å². The Hall–Kier alpha value is -2.63. The highest BCUT2D eigenvalue weighted by Gasteiger charge is 2.09. The number of amides is 1. The van der Waals surface area contributed by atoms with Crippen LogP contribution < -0.4 is 10.6 Å². The zero-order valence-electron chi connectivity index (χ0n) is 13.7. The van der Waals surface area contributed by atoms with Crippen LogP contribution in [0, 0.1) is 0 Å². The molecule has 0 radical (unpaired) electrons. The molecular formula is C19H16Cl2N4O. The van der Waals surface area contributed by atoms with Gasteiger partial charge in [0, 0.05) is 24.6 Å². The minimum Gasteiger partial charge on any atom is -0.354 e. The van der Waals surface area contributed by atoms with E-state index >= 15 is 0 Å². The number of anilines is 2. The predicted molar refractivity (Wildman–Crippen MR) is 105 cm³/mol. The van der Waals surface area contributed by atoms with E-state index in [2.05, 4.69) is 32.7 Å². The second kappa shape index (κ2) is 8.65. The number of aromatic nitrogens is 2. The molecule has 0 aliphatic rings. The average Bonchev–Trinajstić information content (AvgIpc) is 2.66. The van der Waals surface area contributed by atoms with E-state index in [1.165, 1.54) is 18.0 Å². The zero-order valence-corrected chi connectivity index (χ0v) is 15.3. The topological polar surface area (TPSA) is 66.9 Å². The molecule has 0 aliphatic heterocycles. The van der Waals surface area contributed by atoms with Crippen molar-refractivity contribution in [2.75, 3.05) is 17.2 Å². The van der Waals surface area contributed by atoms with Crippen molar-refractivity contribution in [2.24, 2.45) is 0 Å². The van der Waals surface area contributed by atoms with Crippen LogP contribution >= 0.6 is 23.2 Å². The van der Waals surface area contributed by atoms with Crippen molar-refractivity contribution in [2.45, 2.75) is 6.42 Å². The van der Waals surface area contributed by atoms with Crippen molar-refractivity contribution in [1.82, 2.24) is 9.97 Å². The first kappa shape index (κ1) is 18.2. The van der Waals surface area contributed by atoms with E-state index in [1.807, 2.05) is 18.2 Å². The van der Waals surface area contributed by atoms with E-state index in [9.17, 15) is 4.79 Å². The normalized spacial score (nSPS) is 10.4. The number of carbonyl (C=O) groups is 1. The van der Waals surface area contributed by atoms with Gasteiger partial charge in [-0.3, -0.25) is 4.79 Å². The Morgan fingerprint density at radius 3 is 2.38 bits per heavy atom. The first-order chi connectivity index (χ1) is 12.6. The van der Waals surface area contributed by atoms with E-state index in [0.29, 0.717) is 33.8 Å². The second-order valence-corrected chi connectivity index (χ2v) is 6.36. The highest BCUT2D eigenvalue weighted by atomic mass is 35.5. The van der Waals surface area contributed by atoms with E-state index in [4.69, 9.17) is 23.2 Å². The van der Waals surface area contributed by atoms with Gasteiger partial charge >= 0.3 is 0 Å². The quantitative estimate of drug-likeness (QED) is 0.644. The van der Waals surface area contributed by atoms with Crippen LogP contribution in [0.5, 0.6) is 0 Å². The van der Waals surface area contributed by atoms with Crippen molar-refractivity contribution in [3.05, 3.63) is 82.1 Å². The van der Waals surface area contributed by atoms with Gasteiger partial charge in [0.1, 0.15) is 0 Å². The van der Waals surface area contributed by atoms with Crippen LogP contribution in [0.15, 0.2) is 60.9 Å². The molecule has 7 heteroatoms. The summed E-state index contributed by atoms with van der Waals surface area (Å²) >= 11 is 11.8. The molecule has 1 heterocycles. The highest BCUT2D eigenvalue weighted by Crippen LogP contribution is 2.25. The van der Waals surface area contributed by atoms with Crippen LogP contribution in [0.25, 0.3) is 0 Å². The molecule has 3 aromatic rings. The van der Waals surface area contributed by atoms with Crippen LogP contribution in [0.3, 0.4) is 0 Å². The molecule has 2 N–H and O–H groups in total. The summed E-state index contributed by atoms with van der Waals surface area (Å²) in [7, 11) is 0. The molecule has 0 aliphatic carbocycles. The zero-order chi connectivity index (χ0) is 18.4. The maximum atomic E-state index is 12.2. The molecule has 132 valence electrons. The lowest BCUT2D eigenvalue weighted by molar-refractivity contribution is 0.102. The minimum absolute atomic E-state index is 0.320. The molecule has 0 spiro atoms. The van der Waals surface area contributed by atoms with Gasteiger partial charge < -0.3 is 10.6 Å². The van der Waals surface area contributed by atoms with Crippen molar-refractivity contribution in [3.63, 3.8) is 0 Å². The Balaban J connectivity index is 1.54. The van der Waals surface area contributed by atoms with Crippen LogP contribution in [-0.4, -0.2) is 22.4 Å². The summed E-state index contributed by atoms with van der Waals surface area (Å²) in [6.07, 6.45) is 3.82. The Morgan fingerprint density at radius 1 is 0.962 bits per heavy atom. The standard InChI is InChI=1S/C19H16Cl2N4O/c20-16-7-6-15(10-17(16)21)25-18(26)14-11-23-19(24-12-14)22-9-8-13-4-2-1-3-5-13/h1-7,10-12H,8-9H2,(H,25,26)(H,22,23,24). The van der Waals surface area contributed by atoms with E-state index in [0.717, 1.165) is 6.42 Å². The molecule has 0 saturated heterocycles. The summed E-state index contributed by atoms with van der Waals surface area (Å²) in [4.78, 5) is 20.6. The maximum absolute atomic E-state index is 12.2. The number of carbonyl (C=O) groups excluding carboxylic acids is 1. The maximum Gasteiger partial charge on any atom is 0.258 e. The molecule has 0 atom stereocenters. The number of rotatable bonds is 6. The number of benzene rings is 2. The smallest absolute Gasteiger partial charge is 0.258 e. The Bertz CT molecular complexity index is 886. The molecule has 26 heavy (non-hydrogen) atoms. The Kier molecular flexibility index (Phi) is 6.04. The van der Waals surface area contributed by atoms with Gasteiger partial charge in [-0.1, -0.05) is 53.5 Å². The van der Waals surface area contributed by atoms with Gasteiger partial charge in [-0.15, -0.1) is 0 Å². The van der Waals surface area contributed by atoms with Gasteiger partial charge in [0.2, 0.25) is 5.95 Å². The molecular weight excluding hydrogens is 371 g/mol. The minimum atomic E-state index is -0.320. The van der Waals surface area contributed by atoms with E-state index in [1.54, 1.807) is 18.2 Å². The molecule has 1 amide bonds. The summed E-state index contributed by atoms with van der Waals surface area (Å²) in [6.45, 7) is 0.707. The third-order valence-corrected chi connectivity index (χ3v) is 4.37. The summed E-state index contributed by atoms with van der Waals surface area (Å²) in [5, 5.41) is 6.67. The first-order valence-corrected chi connectivity index (χ1v) is 8.73. The second-order valence-electron chi connectivity index (χ2n) is 5.54. The number of nitrogens with one attached hydrogen (secondary N) is 2. The summed E-state index contributed by atoms with van der Waals surface area (Å²) in [6, 6.07) is 15.0. The average molecular weight is 387 g/mol. The number of nitrogens with zero attached hydrogens (tertiary/aromatic N) is 2. The van der Waals surface area contributed by atoms with Gasteiger partial charge in [-0.2, -0.15) is 0 Å². The van der Waals surface area contributed by atoms with Crippen LogP contribution in [0.4, 0.5) is 11.6 Å². The molecule has 0 unspecified atom stereocenters. The van der Waals surface area contributed by atoms with Gasteiger partial charge in [0.25, 0.3) is 5.91 Å². The lowest BCUT2D eigenvalue weighted by Crippen LogP contribution is -2.14. The van der Waals surface area contributed by atoms with Crippen LogP contribution in [-0.2, 0) is 6.42 Å². The fourth-order valence-electron chi connectivity index (χ4n) is 2.28. The van der Waals surface area contributed by atoms with Gasteiger partial charge in [0.05, 0.1) is 15.6 Å². The lowest BCUT2D eigenvalue weighted by atomic mass is 10.1. The van der Waals surface area contributed by atoms with Crippen LogP contribution in [0.2, 0.25) is 10.0 Å². The summed E-state index contributed by atoms with van der Waals surface area (Å²) in [5.41, 5.74) is 2.14. The van der Waals surface area contributed by atoms with E-state index < -0.39 is 0 Å². The van der Waals surface area contributed by atoms with E-state index in [-0.39, 0.29) is 5.91 Å². The highest BCUT2D eigenvalue weighted by molar-refractivity contribution is 6.42. The molecule has 0 bridgehead atoms. The lowest BCUT2D eigenvalue weighted by Gasteiger charge is -2.07.